The molecule has 70 valence electrons. The van der Waals surface area contributed by atoms with Crippen LogP contribution in [0, 0.1) is 0 Å². The van der Waals surface area contributed by atoms with Gasteiger partial charge in [0.25, 0.3) is 0 Å². The largest absolute Gasteiger partial charge is 0.378 e. The molecule has 12 heavy (non-hydrogen) atoms. The Morgan fingerprint density at radius 3 is 1.67 bits per heavy atom. The van der Waals surface area contributed by atoms with Gasteiger partial charge in [0, 0.05) is 0 Å². The van der Waals surface area contributed by atoms with Crippen molar-refractivity contribution in [2.45, 2.75) is 12.1 Å². The number of hydrogen-bond acceptors (Lipinski definition) is 4. The molecule has 4 nitrogen and oxygen atoms in total. The van der Waals surface area contributed by atoms with Crippen molar-refractivity contribution < 1.29 is 14.2 Å². The zero-order valence-corrected chi connectivity index (χ0v) is 7.12. The minimum absolute atomic E-state index is 0.349. The molecule has 0 aromatic carbocycles. The van der Waals surface area contributed by atoms with Crippen LogP contribution in [0.1, 0.15) is 0 Å². The Morgan fingerprint density at radius 2 is 1.25 bits per heavy atom. The second kappa shape index (κ2) is 4.18. The van der Waals surface area contributed by atoms with Gasteiger partial charge in [-0.05, 0) is 0 Å². The first-order valence-electron chi connectivity index (χ1n) is 4.44. The molecule has 0 atom stereocenters. The second-order valence-electron chi connectivity index (χ2n) is 3.25. The van der Waals surface area contributed by atoms with Crippen LogP contribution in [0.2, 0.25) is 0 Å². The number of nitrogens with one attached hydrogen (secondary N) is 1. The van der Waals surface area contributed by atoms with Crippen LogP contribution >= 0.6 is 0 Å². The third-order valence-electron chi connectivity index (χ3n) is 2.12. The summed E-state index contributed by atoms with van der Waals surface area (Å²) in [5, 5.41) is 3.42. The van der Waals surface area contributed by atoms with Crippen molar-refractivity contribution in [2.75, 3.05) is 39.6 Å². The standard InChI is InChI=1S/C8H15NO3/c1-2-11-4-7(3-10-1)9-8-5-12-6-8/h7-9H,1-6H2. The van der Waals surface area contributed by atoms with E-state index in [9.17, 15) is 0 Å². The van der Waals surface area contributed by atoms with Crippen LogP contribution in [0.15, 0.2) is 0 Å². The fraction of sp³-hybridized carbons (Fsp3) is 1.00. The molecule has 4 heteroatoms. The molecule has 0 aromatic heterocycles. The highest BCUT2D eigenvalue weighted by molar-refractivity contribution is 4.79. The number of ether oxygens (including phenoxy) is 3. The summed E-state index contributed by atoms with van der Waals surface area (Å²) in [4.78, 5) is 0. The Morgan fingerprint density at radius 1 is 0.750 bits per heavy atom. The van der Waals surface area contributed by atoms with Crippen LogP contribution in [-0.4, -0.2) is 51.7 Å². The van der Waals surface area contributed by atoms with Gasteiger partial charge in [-0.3, -0.25) is 0 Å². The van der Waals surface area contributed by atoms with Crippen molar-refractivity contribution in [2.24, 2.45) is 0 Å². The first-order valence-corrected chi connectivity index (χ1v) is 4.44. The lowest BCUT2D eigenvalue weighted by Crippen LogP contribution is -2.52. The number of rotatable bonds is 2. The van der Waals surface area contributed by atoms with Crippen LogP contribution in [0.3, 0.4) is 0 Å². The van der Waals surface area contributed by atoms with E-state index in [1.54, 1.807) is 0 Å². The van der Waals surface area contributed by atoms with Gasteiger partial charge < -0.3 is 19.5 Å². The number of hydrogen-bond donors (Lipinski definition) is 1. The van der Waals surface area contributed by atoms with Crippen LogP contribution in [0.25, 0.3) is 0 Å². The molecular formula is C8H15NO3. The Hall–Kier alpha value is -0.160. The van der Waals surface area contributed by atoms with Gasteiger partial charge in [-0.1, -0.05) is 0 Å². The minimum Gasteiger partial charge on any atom is -0.378 e. The molecular weight excluding hydrogens is 158 g/mol. The summed E-state index contributed by atoms with van der Waals surface area (Å²) in [5.41, 5.74) is 0. The Bertz CT molecular complexity index is 130. The van der Waals surface area contributed by atoms with Crippen molar-refractivity contribution in [3.63, 3.8) is 0 Å². The molecule has 0 amide bonds. The summed E-state index contributed by atoms with van der Waals surface area (Å²) in [6, 6.07) is 0.863. The normalized spacial score (nSPS) is 28.0. The van der Waals surface area contributed by atoms with E-state index >= 15 is 0 Å². The molecule has 0 bridgehead atoms. The van der Waals surface area contributed by atoms with Gasteiger partial charge in [0.2, 0.25) is 0 Å². The van der Waals surface area contributed by atoms with E-state index in [2.05, 4.69) is 5.32 Å². The molecule has 0 unspecified atom stereocenters. The first-order chi connectivity index (χ1) is 5.95. The van der Waals surface area contributed by atoms with Crippen LogP contribution in [0.4, 0.5) is 0 Å². The van der Waals surface area contributed by atoms with Crippen molar-refractivity contribution in [1.29, 1.82) is 0 Å². The average Bonchev–Trinajstić information content (AvgIpc) is 2.24. The summed E-state index contributed by atoms with van der Waals surface area (Å²) in [6.07, 6.45) is 0. The van der Waals surface area contributed by atoms with Crippen LogP contribution in [-0.2, 0) is 14.2 Å². The Balaban J connectivity index is 1.69. The van der Waals surface area contributed by atoms with Gasteiger partial charge in [0.15, 0.2) is 0 Å². The van der Waals surface area contributed by atoms with E-state index in [0.717, 1.165) is 39.6 Å². The van der Waals surface area contributed by atoms with Gasteiger partial charge in [-0.25, -0.2) is 0 Å². The smallest absolute Gasteiger partial charge is 0.0701 e. The first kappa shape index (κ1) is 8.44. The summed E-state index contributed by atoms with van der Waals surface area (Å²) in [5.74, 6) is 0. The monoisotopic (exact) mass is 173 g/mol. The molecule has 0 spiro atoms. The minimum atomic E-state index is 0.349. The fourth-order valence-corrected chi connectivity index (χ4v) is 1.38. The van der Waals surface area contributed by atoms with Gasteiger partial charge in [0.05, 0.1) is 51.7 Å². The molecule has 0 aliphatic carbocycles. The molecule has 1 N–H and O–H groups in total. The Labute approximate surface area is 72.2 Å². The van der Waals surface area contributed by atoms with Crippen molar-refractivity contribution in [1.82, 2.24) is 5.32 Å². The highest BCUT2D eigenvalue weighted by atomic mass is 16.5. The molecule has 0 saturated carbocycles. The van der Waals surface area contributed by atoms with E-state index in [-0.39, 0.29) is 0 Å². The quantitative estimate of drug-likeness (QED) is 0.604. The summed E-state index contributed by atoms with van der Waals surface area (Å²) in [7, 11) is 0. The third-order valence-corrected chi connectivity index (χ3v) is 2.12. The highest BCUT2D eigenvalue weighted by Crippen LogP contribution is 2.03. The maximum absolute atomic E-state index is 5.35. The van der Waals surface area contributed by atoms with E-state index in [1.165, 1.54) is 0 Å². The lowest BCUT2D eigenvalue weighted by Gasteiger charge is -2.30. The lowest BCUT2D eigenvalue weighted by atomic mass is 10.2. The van der Waals surface area contributed by atoms with Crippen molar-refractivity contribution in [3.05, 3.63) is 0 Å². The van der Waals surface area contributed by atoms with Crippen LogP contribution < -0.4 is 5.32 Å². The fourth-order valence-electron chi connectivity index (χ4n) is 1.38. The van der Waals surface area contributed by atoms with Gasteiger partial charge in [0.1, 0.15) is 0 Å². The molecule has 0 radical (unpaired) electrons. The molecule has 2 fully saturated rings. The van der Waals surface area contributed by atoms with Gasteiger partial charge in [-0.2, -0.15) is 0 Å². The maximum Gasteiger partial charge on any atom is 0.0701 e. The molecule has 2 aliphatic heterocycles. The maximum atomic E-state index is 5.35. The van der Waals surface area contributed by atoms with E-state index in [0.29, 0.717) is 12.1 Å². The summed E-state index contributed by atoms with van der Waals surface area (Å²) in [6.45, 7) is 4.62. The zero-order valence-electron chi connectivity index (χ0n) is 7.12. The third kappa shape index (κ3) is 2.17. The van der Waals surface area contributed by atoms with Gasteiger partial charge in [-0.15, -0.1) is 0 Å². The van der Waals surface area contributed by atoms with Crippen LogP contribution in [0.5, 0.6) is 0 Å². The molecule has 2 rings (SSSR count). The Kier molecular flexibility index (Phi) is 2.94. The predicted molar refractivity (Wildman–Crippen MR) is 43.2 cm³/mol. The summed E-state index contributed by atoms with van der Waals surface area (Å²) < 4.78 is 15.8. The molecule has 0 aromatic rings. The second-order valence-corrected chi connectivity index (χ2v) is 3.25. The van der Waals surface area contributed by atoms with Crippen molar-refractivity contribution in [3.8, 4) is 0 Å². The highest BCUT2D eigenvalue weighted by Gasteiger charge is 2.22. The van der Waals surface area contributed by atoms with Crippen molar-refractivity contribution >= 4 is 0 Å². The van der Waals surface area contributed by atoms with E-state index in [4.69, 9.17) is 14.2 Å². The van der Waals surface area contributed by atoms with E-state index in [1.807, 2.05) is 0 Å². The average molecular weight is 173 g/mol. The van der Waals surface area contributed by atoms with E-state index < -0.39 is 0 Å². The topological polar surface area (TPSA) is 39.7 Å². The molecule has 2 saturated heterocycles. The SMILES string of the molecule is C1COCC(NC2COC2)CO1. The lowest BCUT2D eigenvalue weighted by molar-refractivity contribution is -0.0169. The predicted octanol–water partition coefficient (Wildman–Crippen LogP) is -0.610. The summed E-state index contributed by atoms with van der Waals surface area (Å²) >= 11 is 0. The van der Waals surface area contributed by atoms with Gasteiger partial charge >= 0.3 is 0 Å². The zero-order chi connectivity index (χ0) is 8.23. The molecule has 2 aliphatic rings. The molecule has 2 heterocycles.